The number of amidine groups is 2. The number of ether oxygens (including phenoxy) is 4. The molecule has 0 saturated carbocycles. The van der Waals surface area contributed by atoms with Crippen LogP contribution in [0.4, 0.5) is 15.8 Å². The second kappa shape index (κ2) is 43.1. The van der Waals surface area contributed by atoms with Crippen molar-refractivity contribution in [1.29, 1.82) is 5.41 Å². The molecule has 2 atom stereocenters. The molecule has 20 nitrogen and oxygen atoms in total. The molecule has 84 heavy (non-hydrogen) atoms. The number of benzene rings is 3. The van der Waals surface area contributed by atoms with Crippen molar-refractivity contribution in [3.63, 3.8) is 0 Å². The summed E-state index contributed by atoms with van der Waals surface area (Å²) in [5.41, 5.74) is 14.0. The predicted octanol–water partition coefficient (Wildman–Crippen LogP) is 7.66. The molecule has 4 amide bonds. The van der Waals surface area contributed by atoms with E-state index in [2.05, 4.69) is 81.9 Å². The Hall–Kier alpha value is -7.59. The first kappa shape index (κ1) is 72.5. The number of nitrogens with two attached hydrogens (primary N) is 2. The van der Waals surface area contributed by atoms with Gasteiger partial charge >= 0.3 is 0 Å². The van der Waals surface area contributed by atoms with Crippen LogP contribution in [0.3, 0.4) is 0 Å². The number of hydrogen-bond donors (Lipinski definition) is 7. The van der Waals surface area contributed by atoms with Gasteiger partial charge in [0.15, 0.2) is 12.1 Å². The molecule has 0 spiro atoms. The minimum atomic E-state index is -0.988. The molecule has 0 bridgehead atoms. The lowest BCUT2D eigenvalue weighted by Gasteiger charge is -2.39. The number of primary amides is 1. The summed E-state index contributed by atoms with van der Waals surface area (Å²) in [6, 6.07) is 18.0. The lowest BCUT2D eigenvalue weighted by atomic mass is 9.86. The number of unbranched alkanes of at least 4 members (excludes halogenated alkanes) is 4. The Bertz CT molecular complexity index is 2570. The number of piperidine rings is 1. The Balaban J connectivity index is 0.00000466. The van der Waals surface area contributed by atoms with Crippen molar-refractivity contribution < 1.29 is 52.1 Å². The number of anilines is 2. The van der Waals surface area contributed by atoms with Gasteiger partial charge in [0.1, 0.15) is 29.7 Å². The molecule has 0 aromatic heterocycles. The van der Waals surface area contributed by atoms with Gasteiger partial charge in [-0.3, -0.25) is 29.4 Å². The Morgan fingerprint density at radius 3 is 2.11 bits per heavy atom. The fourth-order valence-electron chi connectivity index (χ4n) is 9.18. The van der Waals surface area contributed by atoms with E-state index in [9.17, 15) is 24.0 Å². The maximum atomic E-state index is 15.5. The molecule has 3 aromatic rings. The maximum absolute atomic E-state index is 15.5. The van der Waals surface area contributed by atoms with Gasteiger partial charge in [-0.1, -0.05) is 82.3 Å². The Kier molecular flexibility index (Phi) is 37.2. The average molecular weight is 1170 g/mol. The molecule has 1 aliphatic rings. The smallest absolute Gasteiger partial charge is 0.255 e. The zero-order valence-electron chi connectivity index (χ0n) is 50.3. The van der Waals surface area contributed by atoms with Crippen LogP contribution >= 0.6 is 0 Å². The van der Waals surface area contributed by atoms with Crippen LogP contribution in [0.1, 0.15) is 130 Å². The first-order valence-electron chi connectivity index (χ1n) is 29.0. The predicted molar refractivity (Wildman–Crippen MR) is 332 cm³/mol. The lowest BCUT2D eigenvalue weighted by Crippen LogP contribution is -2.56. The fourth-order valence-corrected chi connectivity index (χ4v) is 9.18. The molecule has 462 valence electrons. The number of nitrogens with zero attached hydrogens (tertiary/aromatic N) is 3. The van der Waals surface area contributed by atoms with Crippen LogP contribution in [-0.2, 0) is 33.4 Å². The maximum Gasteiger partial charge on any atom is 0.255 e. The Labute approximate surface area is 496 Å². The molecule has 1 saturated heterocycles. The summed E-state index contributed by atoms with van der Waals surface area (Å²) < 4.78 is 38.9. The van der Waals surface area contributed by atoms with E-state index in [0.29, 0.717) is 96.0 Å². The highest BCUT2D eigenvalue weighted by Gasteiger charge is 2.37. The highest BCUT2D eigenvalue weighted by atomic mass is 19.1. The lowest BCUT2D eigenvalue weighted by molar-refractivity contribution is -0.125. The van der Waals surface area contributed by atoms with Gasteiger partial charge < -0.3 is 66.3 Å². The highest BCUT2D eigenvalue weighted by molar-refractivity contribution is 6.09. The van der Waals surface area contributed by atoms with Gasteiger partial charge in [0.25, 0.3) is 5.91 Å². The average Bonchev–Trinajstić information content (AvgIpc) is 3.68. The second-order valence-electron chi connectivity index (χ2n) is 19.4. The van der Waals surface area contributed by atoms with Crippen LogP contribution in [0.25, 0.3) is 0 Å². The van der Waals surface area contributed by atoms with Gasteiger partial charge in [-0.2, -0.15) is 0 Å². The van der Waals surface area contributed by atoms with Gasteiger partial charge in [0, 0.05) is 76.1 Å². The highest BCUT2D eigenvalue weighted by Crippen LogP contribution is 2.32. The third-order valence-corrected chi connectivity index (χ3v) is 13.7. The van der Waals surface area contributed by atoms with E-state index < -0.39 is 29.2 Å². The number of halogens is 1. The quantitative estimate of drug-likeness (QED) is 0.00950. The summed E-state index contributed by atoms with van der Waals surface area (Å²) in [4.78, 5) is 76.2. The van der Waals surface area contributed by atoms with Gasteiger partial charge in [0.2, 0.25) is 18.7 Å². The van der Waals surface area contributed by atoms with E-state index in [0.717, 1.165) is 85.1 Å². The van der Waals surface area contributed by atoms with Crippen LogP contribution in [-0.4, -0.2) is 158 Å². The van der Waals surface area contributed by atoms with Crippen molar-refractivity contribution >= 4 is 60.3 Å². The number of nitrogens with one attached hydrogen (secondary N) is 5. The van der Waals surface area contributed by atoms with Crippen molar-refractivity contribution in [1.82, 2.24) is 20.9 Å². The van der Waals surface area contributed by atoms with Crippen LogP contribution in [0.15, 0.2) is 102 Å². The first-order chi connectivity index (χ1) is 40.8. The summed E-state index contributed by atoms with van der Waals surface area (Å²) in [7, 11) is 2.81. The minimum absolute atomic E-state index is 0.0331. The van der Waals surface area contributed by atoms with Gasteiger partial charge in [-0.25, -0.2) is 9.38 Å². The van der Waals surface area contributed by atoms with E-state index in [-0.39, 0.29) is 60.9 Å². The number of allylic oxidation sites excluding steroid dienone is 3. The number of hydrogen-bond acceptors (Lipinski definition) is 14. The van der Waals surface area contributed by atoms with Crippen molar-refractivity contribution in [2.24, 2.45) is 16.5 Å². The molecule has 0 aliphatic carbocycles. The molecule has 9 N–H and O–H groups in total. The number of carbonyl (C=O) groups excluding carboxylic acids is 6. The molecular weight excluding hydrogens is 1080 g/mol. The van der Waals surface area contributed by atoms with Gasteiger partial charge in [0.05, 0.1) is 49.8 Å². The number of amides is 4. The molecule has 4 rings (SSSR count). The van der Waals surface area contributed by atoms with E-state index in [4.69, 9.17) is 34.9 Å². The summed E-state index contributed by atoms with van der Waals surface area (Å²) in [5.74, 6) is -0.449. The summed E-state index contributed by atoms with van der Waals surface area (Å²) >= 11 is 0. The molecule has 1 fully saturated rings. The molecule has 1 heterocycles. The van der Waals surface area contributed by atoms with Crippen molar-refractivity contribution in [3.8, 4) is 5.75 Å². The zero-order chi connectivity index (χ0) is 62.0. The topological polar surface area (TPSA) is 282 Å². The van der Waals surface area contributed by atoms with Gasteiger partial charge in [-0.05, 0) is 119 Å². The van der Waals surface area contributed by atoms with Crippen LogP contribution < -0.4 is 42.4 Å². The molecule has 1 aliphatic heterocycles. The fraction of sp³-hybridized carbons (Fsp3) is 0.492. The summed E-state index contributed by atoms with van der Waals surface area (Å²) in [6.07, 6.45) is 15.6. The van der Waals surface area contributed by atoms with Crippen LogP contribution in [0, 0.1) is 11.2 Å². The Morgan fingerprint density at radius 2 is 1.50 bits per heavy atom. The number of rotatable bonds is 39. The number of aliphatic imine (C=N–C) groups is 1. The van der Waals surface area contributed by atoms with Gasteiger partial charge in [-0.15, -0.1) is 0 Å². The molecule has 3 aromatic carbocycles. The number of likely N-dealkylation sites (N-methyl/N-ethyl adjacent to an activating group) is 2. The molecule has 21 heteroatoms. The Morgan fingerprint density at radius 1 is 0.881 bits per heavy atom. The zero-order valence-corrected chi connectivity index (χ0v) is 50.3. The third kappa shape index (κ3) is 25.5. The summed E-state index contributed by atoms with van der Waals surface area (Å²) in [6.45, 7) is 17.6. The van der Waals surface area contributed by atoms with Crippen LogP contribution in [0.5, 0.6) is 5.75 Å². The largest absolute Gasteiger partial charge is 0.494 e. The minimum Gasteiger partial charge on any atom is -0.494 e. The van der Waals surface area contributed by atoms with E-state index in [1.165, 1.54) is 20.2 Å². The first-order valence-corrected chi connectivity index (χ1v) is 29.0. The normalized spacial score (nSPS) is 13.6. The second-order valence-corrected chi connectivity index (χ2v) is 19.4. The summed E-state index contributed by atoms with van der Waals surface area (Å²) in [5, 5.41) is 20.9. The van der Waals surface area contributed by atoms with E-state index in [1.54, 1.807) is 17.1 Å². The van der Waals surface area contributed by atoms with E-state index >= 15 is 4.39 Å². The van der Waals surface area contributed by atoms with Crippen molar-refractivity contribution in [2.75, 3.05) is 103 Å². The van der Waals surface area contributed by atoms with Crippen molar-refractivity contribution in [2.45, 2.75) is 109 Å². The third-order valence-electron chi connectivity index (χ3n) is 13.7. The SMILES string of the molecule is C=C/C=C(\C=C/C)C(=N)N=C(N)C1(Nc2cccc([C@H](C)c3cccc(OCCCCCCOCCOCCOCCCCN(CCNC=O)c4cc(C(=O)N(C)C(CCC=O)C(=O)NC)c(C=O)cc4F)c3)c2)CCNCC1.CC.NC=O. The molecule has 1 unspecified atom stereocenters. The molecular formula is C63H93FN10O10. The van der Waals surface area contributed by atoms with E-state index in [1.807, 2.05) is 45.1 Å². The number of carbonyl (C=O) groups is 6. The standard InChI is InChI=1S/C60H84FN9O9.C2H6.CH3NO/c1-6-17-46(18-7-2)56(62)67-59(63)60(24-26-65-27-25-60)68-50-21-14-19-47(39-50)45(3)48-20-15-22-51(40-48)79-34-12-9-8-11-32-76-35-37-78-38-36-77-33-13-10-29-70(30-28-66-44-73)55-42-52(49(43-72)41-53(55)61)58(75)69(5)54(23-16-31-71)57(74)64-4;1-2;2-1-3/h6-7,14-15,17-22,31,39-45,54,65,68H,1,8-13,16,23-30,32-38H2,2-5H3,(H,64,74)(H,66,73)(H3,62,63,67);1-2H3;1H,(H2,2,3)/b18-7-,46-17+;;/t45-,54?;;/m0../s1. The number of aldehydes is 2. The van der Waals surface area contributed by atoms with Crippen molar-refractivity contribution in [3.05, 3.63) is 125 Å². The monoisotopic (exact) mass is 1170 g/mol. The molecule has 0 radical (unpaired) electrons. The van der Waals surface area contributed by atoms with Crippen LogP contribution in [0.2, 0.25) is 0 Å².